The SMILES string of the molecule is CCc1nsc(SCCOc2cccc(C(=O)NN)c2)n1. The summed E-state index contributed by atoms with van der Waals surface area (Å²) in [5.74, 6) is 7.05. The Morgan fingerprint density at radius 1 is 1.52 bits per heavy atom. The van der Waals surface area contributed by atoms with Crippen molar-refractivity contribution in [3.05, 3.63) is 35.7 Å². The lowest BCUT2D eigenvalue weighted by molar-refractivity contribution is 0.0953. The summed E-state index contributed by atoms with van der Waals surface area (Å²) in [6.07, 6.45) is 0.851. The van der Waals surface area contributed by atoms with Crippen molar-refractivity contribution < 1.29 is 9.53 Å². The van der Waals surface area contributed by atoms with Gasteiger partial charge in [-0.05, 0) is 29.7 Å². The molecule has 0 aliphatic heterocycles. The molecule has 6 nitrogen and oxygen atoms in total. The number of hydrogen-bond donors (Lipinski definition) is 2. The van der Waals surface area contributed by atoms with Crippen LogP contribution in [0.5, 0.6) is 5.75 Å². The first-order chi connectivity index (χ1) is 10.2. The van der Waals surface area contributed by atoms with Gasteiger partial charge in [0, 0.05) is 17.7 Å². The summed E-state index contributed by atoms with van der Waals surface area (Å²) in [4.78, 5) is 15.8. The Morgan fingerprint density at radius 3 is 3.10 bits per heavy atom. The van der Waals surface area contributed by atoms with Crippen molar-refractivity contribution in [2.75, 3.05) is 12.4 Å². The molecule has 0 saturated heterocycles. The van der Waals surface area contributed by atoms with Gasteiger partial charge in [-0.3, -0.25) is 10.2 Å². The fraction of sp³-hybridized carbons (Fsp3) is 0.308. The molecule has 0 saturated carbocycles. The van der Waals surface area contributed by atoms with Gasteiger partial charge in [0.2, 0.25) is 0 Å². The van der Waals surface area contributed by atoms with Crippen LogP contribution < -0.4 is 16.0 Å². The summed E-state index contributed by atoms with van der Waals surface area (Å²) in [6.45, 7) is 2.56. The van der Waals surface area contributed by atoms with Crippen LogP contribution in [0.4, 0.5) is 0 Å². The van der Waals surface area contributed by atoms with Gasteiger partial charge in [0.1, 0.15) is 11.6 Å². The number of thioether (sulfide) groups is 1. The number of hydrogen-bond acceptors (Lipinski definition) is 7. The van der Waals surface area contributed by atoms with Gasteiger partial charge < -0.3 is 4.74 Å². The molecule has 21 heavy (non-hydrogen) atoms. The zero-order valence-electron chi connectivity index (χ0n) is 11.5. The number of ether oxygens (including phenoxy) is 1. The van der Waals surface area contributed by atoms with Gasteiger partial charge in [-0.15, -0.1) is 0 Å². The Labute approximate surface area is 131 Å². The fourth-order valence-corrected chi connectivity index (χ4v) is 3.12. The molecule has 1 aromatic carbocycles. The topological polar surface area (TPSA) is 90.1 Å². The summed E-state index contributed by atoms with van der Waals surface area (Å²) in [6, 6.07) is 6.90. The van der Waals surface area contributed by atoms with Crippen molar-refractivity contribution in [3.63, 3.8) is 0 Å². The molecule has 8 heteroatoms. The standard InChI is InChI=1S/C13H16N4O2S2/c1-2-11-15-13(21-17-11)20-7-6-19-10-5-3-4-9(8-10)12(18)16-14/h3-5,8H,2,6-7,14H2,1H3,(H,16,18). The molecule has 1 aromatic heterocycles. The number of nitrogens with one attached hydrogen (secondary N) is 1. The largest absolute Gasteiger partial charge is 0.493 e. The van der Waals surface area contributed by atoms with Gasteiger partial charge in [-0.1, -0.05) is 24.8 Å². The average molecular weight is 324 g/mol. The average Bonchev–Trinajstić information content (AvgIpc) is 2.99. The minimum absolute atomic E-state index is 0.337. The molecule has 1 heterocycles. The number of amides is 1. The van der Waals surface area contributed by atoms with Crippen molar-refractivity contribution in [2.45, 2.75) is 17.7 Å². The van der Waals surface area contributed by atoms with Crippen molar-refractivity contribution in [2.24, 2.45) is 5.84 Å². The van der Waals surface area contributed by atoms with Gasteiger partial charge in [-0.2, -0.15) is 4.37 Å². The molecule has 1 amide bonds. The second-order valence-electron chi connectivity index (χ2n) is 4.03. The molecule has 0 fully saturated rings. The van der Waals surface area contributed by atoms with Crippen LogP contribution in [0, 0.1) is 0 Å². The number of hydrazine groups is 1. The van der Waals surface area contributed by atoms with E-state index in [0.717, 1.165) is 22.3 Å². The predicted molar refractivity (Wildman–Crippen MR) is 83.6 cm³/mol. The number of aryl methyl sites for hydroxylation is 1. The van der Waals surface area contributed by atoms with Crippen LogP contribution in [-0.4, -0.2) is 27.6 Å². The molecule has 0 bridgehead atoms. The Hall–Kier alpha value is -1.64. The zero-order valence-corrected chi connectivity index (χ0v) is 13.2. The highest BCUT2D eigenvalue weighted by molar-refractivity contribution is 8.00. The van der Waals surface area contributed by atoms with Crippen molar-refractivity contribution in [1.82, 2.24) is 14.8 Å². The quantitative estimate of drug-likeness (QED) is 0.266. The maximum absolute atomic E-state index is 11.4. The normalized spacial score (nSPS) is 10.4. The molecule has 0 radical (unpaired) electrons. The van der Waals surface area contributed by atoms with E-state index in [-0.39, 0.29) is 5.91 Å². The monoisotopic (exact) mass is 324 g/mol. The van der Waals surface area contributed by atoms with E-state index >= 15 is 0 Å². The van der Waals surface area contributed by atoms with Crippen LogP contribution in [-0.2, 0) is 6.42 Å². The summed E-state index contributed by atoms with van der Waals surface area (Å²) >= 11 is 3.02. The number of carbonyl (C=O) groups excluding carboxylic acids is 1. The van der Waals surface area contributed by atoms with Gasteiger partial charge in [0.25, 0.3) is 5.91 Å². The first kappa shape index (κ1) is 15.7. The number of aromatic nitrogens is 2. The maximum atomic E-state index is 11.4. The van der Waals surface area contributed by atoms with E-state index in [1.807, 2.05) is 6.92 Å². The van der Waals surface area contributed by atoms with Crippen molar-refractivity contribution in [1.29, 1.82) is 0 Å². The summed E-state index contributed by atoms with van der Waals surface area (Å²) in [5, 5.41) is 0. The summed E-state index contributed by atoms with van der Waals surface area (Å²) in [7, 11) is 0. The molecule has 0 aliphatic carbocycles. The van der Waals surface area contributed by atoms with E-state index in [4.69, 9.17) is 10.6 Å². The minimum atomic E-state index is -0.337. The van der Waals surface area contributed by atoms with Crippen LogP contribution in [0.1, 0.15) is 23.1 Å². The third kappa shape index (κ3) is 4.69. The Morgan fingerprint density at radius 2 is 2.38 bits per heavy atom. The van der Waals surface area contributed by atoms with E-state index in [1.165, 1.54) is 11.5 Å². The van der Waals surface area contributed by atoms with Gasteiger partial charge >= 0.3 is 0 Å². The molecular formula is C13H16N4O2S2. The van der Waals surface area contributed by atoms with Crippen LogP contribution in [0.2, 0.25) is 0 Å². The number of carbonyl (C=O) groups is 1. The molecule has 112 valence electrons. The van der Waals surface area contributed by atoms with E-state index in [9.17, 15) is 4.79 Å². The molecule has 2 rings (SSSR count). The lowest BCUT2D eigenvalue weighted by Gasteiger charge is -2.06. The van der Waals surface area contributed by atoms with Crippen LogP contribution in [0.3, 0.4) is 0 Å². The van der Waals surface area contributed by atoms with Crippen LogP contribution in [0.25, 0.3) is 0 Å². The smallest absolute Gasteiger partial charge is 0.265 e. The molecule has 2 aromatic rings. The summed E-state index contributed by atoms with van der Waals surface area (Å²) in [5.41, 5.74) is 2.56. The Kier molecular flexibility index (Phi) is 5.97. The van der Waals surface area contributed by atoms with Crippen molar-refractivity contribution >= 4 is 29.2 Å². The fourth-order valence-electron chi connectivity index (χ4n) is 1.54. The predicted octanol–water partition coefficient (Wildman–Crippen LogP) is 1.88. The lowest BCUT2D eigenvalue weighted by atomic mass is 10.2. The number of nitrogen functional groups attached to an aromatic ring is 1. The molecule has 0 unspecified atom stereocenters. The zero-order chi connectivity index (χ0) is 15.1. The highest BCUT2D eigenvalue weighted by Crippen LogP contribution is 2.20. The number of benzene rings is 1. The Balaban J connectivity index is 1.79. The molecule has 0 aliphatic rings. The van der Waals surface area contributed by atoms with Gasteiger partial charge in [0.05, 0.1) is 6.61 Å². The Bertz CT molecular complexity index is 603. The minimum Gasteiger partial charge on any atom is -0.493 e. The number of rotatable bonds is 7. The first-order valence-electron chi connectivity index (χ1n) is 6.42. The van der Waals surface area contributed by atoms with Crippen LogP contribution in [0.15, 0.2) is 28.6 Å². The molecular weight excluding hydrogens is 308 g/mol. The maximum Gasteiger partial charge on any atom is 0.265 e. The number of nitrogens with zero attached hydrogens (tertiary/aromatic N) is 2. The number of nitrogens with two attached hydrogens (primary N) is 1. The van der Waals surface area contributed by atoms with E-state index in [2.05, 4.69) is 14.8 Å². The second kappa shape index (κ2) is 7.96. The van der Waals surface area contributed by atoms with Crippen molar-refractivity contribution in [3.8, 4) is 5.75 Å². The van der Waals surface area contributed by atoms with E-state index in [1.54, 1.807) is 36.0 Å². The van der Waals surface area contributed by atoms with E-state index in [0.29, 0.717) is 17.9 Å². The highest BCUT2D eigenvalue weighted by atomic mass is 32.2. The van der Waals surface area contributed by atoms with E-state index < -0.39 is 0 Å². The van der Waals surface area contributed by atoms with Crippen LogP contribution >= 0.6 is 23.3 Å². The third-order valence-corrected chi connectivity index (χ3v) is 4.41. The second-order valence-corrected chi connectivity index (χ2v) is 6.12. The van der Waals surface area contributed by atoms with Gasteiger partial charge in [-0.25, -0.2) is 10.8 Å². The third-order valence-electron chi connectivity index (χ3n) is 2.57. The molecule has 0 spiro atoms. The lowest BCUT2D eigenvalue weighted by Crippen LogP contribution is -2.29. The van der Waals surface area contributed by atoms with Gasteiger partial charge in [0.15, 0.2) is 4.34 Å². The summed E-state index contributed by atoms with van der Waals surface area (Å²) < 4.78 is 10.8. The first-order valence-corrected chi connectivity index (χ1v) is 8.18. The molecule has 3 N–H and O–H groups in total. The highest BCUT2D eigenvalue weighted by Gasteiger charge is 2.05. The molecule has 0 atom stereocenters.